The minimum absolute atomic E-state index is 0.0899. The van der Waals surface area contributed by atoms with Gasteiger partial charge in [0.05, 0.1) is 12.9 Å². The van der Waals surface area contributed by atoms with E-state index in [-0.39, 0.29) is 12.4 Å². The molecule has 0 spiro atoms. The van der Waals surface area contributed by atoms with Crippen molar-refractivity contribution >= 4 is 5.97 Å². The Morgan fingerprint density at radius 1 is 1.15 bits per heavy atom. The zero-order valence-electron chi connectivity index (χ0n) is 11.2. The topological polar surface area (TPSA) is 68.9 Å². The number of carboxylic acids is 1. The lowest BCUT2D eigenvalue weighted by Gasteiger charge is -2.07. The van der Waals surface area contributed by atoms with Crippen molar-refractivity contribution in [3.05, 3.63) is 47.9 Å². The summed E-state index contributed by atoms with van der Waals surface area (Å²) in [7, 11) is 0. The molecule has 2 rings (SSSR count). The Kier molecular flexibility index (Phi) is 4.65. The van der Waals surface area contributed by atoms with Crippen LogP contribution >= 0.6 is 0 Å². The van der Waals surface area contributed by atoms with E-state index in [1.54, 1.807) is 18.2 Å². The van der Waals surface area contributed by atoms with Gasteiger partial charge in [-0.1, -0.05) is 6.92 Å². The highest BCUT2D eigenvalue weighted by atomic mass is 16.5. The summed E-state index contributed by atoms with van der Waals surface area (Å²) >= 11 is 0. The molecule has 2 aromatic rings. The lowest BCUT2D eigenvalue weighted by Crippen LogP contribution is -2.02. The molecular formula is C15H16O5. The van der Waals surface area contributed by atoms with Crippen molar-refractivity contribution in [2.75, 3.05) is 6.61 Å². The van der Waals surface area contributed by atoms with E-state index in [0.717, 1.165) is 12.2 Å². The van der Waals surface area contributed by atoms with Crippen molar-refractivity contribution in [2.45, 2.75) is 20.0 Å². The van der Waals surface area contributed by atoms with Crippen LogP contribution in [0.5, 0.6) is 11.5 Å². The summed E-state index contributed by atoms with van der Waals surface area (Å²) in [6.07, 6.45) is 2.29. The molecule has 0 amide bonds. The normalized spacial score (nSPS) is 10.2. The molecule has 0 fully saturated rings. The molecule has 5 nitrogen and oxygen atoms in total. The van der Waals surface area contributed by atoms with Crippen LogP contribution in [0.1, 0.15) is 29.5 Å². The number of carboxylic acid groups (broad SMARTS) is 1. The summed E-state index contributed by atoms with van der Waals surface area (Å²) in [5.41, 5.74) is 0.504. The molecule has 106 valence electrons. The van der Waals surface area contributed by atoms with E-state index in [1.807, 2.05) is 19.1 Å². The molecule has 0 aliphatic rings. The Morgan fingerprint density at radius 3 is 2.40 bits per heavy atom. The number of benzene rings is 1. The lowest BCUT2D eigenvalue weighted by atomic mass is 10.2. The molecule has 5 heteroatoms. The smallest absolute Gasteiger partial charge is 0.372 e. The first-order valence-electron chi connectivity index (χ1n) is 6.36. The summed E-state index contributed by atoms with van der Waals surface area (Å²) < 4.78 is 15.9. The minimum Gasteiger partial charge on any atom is -0.494 e. The fourth-order valence-electron chi connectivity index (χ4n) is 1.65. The van der Waals surface area contributed by atoms with Gasteiger partial charge in [0.25, 0.3) is 0 Å². The minimum atomic E-state index is -1.10. The second-order valence-corrected chi connectivity index (χ2v) is 4.19. The zero-order chi connectivity index (χ0) is 14.4. The van der Waals surface area contributed by atoms with Gasteiger partial charge in [-0.15, -0.1) is 0 Å². The van der Waals surface area contributed by atoms with Crippen molar-refractivity contribution in [3.8, 4) is 11.5 Å². The van der Waals surface area contributed by atoms with Crippen LogP contribution in [-0.4, -0.2) is 17.7 Å². The molecule has 1 N–H and O–H groups in total. The van der Waals surface area contributed by atoms with Crippen LogP contribution in [0.25, 0.3) is 0 Å². The fourth-order valence-corrected chi connectivity index (χ4v) is 1.65. The van der Waals surface area contributed by atoms with Crippen molar-refractivity contribution < 1.29 is 23.8 Å². The molecule has 1 aromatic heterocycles. The zero-order valence-corrected chi connectivity index (χ0v) is 11.2. The first kappa shape index (κ1) is 14.0. The molecule has 0 atom stereocenters. The van der Waals surface area contributed by atoms with E-state index < -0.39 is 5.97 Å². The van der Waals surface area contributed by atoms with E-state index in [9.17, 15) is 4.79 Å². The maximum Gasteiger partial charge on any atom is 0.372 e. The molecular weight excluding hydrogens is 260 g/mol. The van der Waals surface area contributed by atoms with Gasteiger partial charge in [-0.05, 0) is 36.8 Å². The maximum absolute atomic E-state index is 10.9. The lowest BCUT2D eigenvalue weighted by molar-refractivity contribution is 0.0658. The SMILES string of the molecule is CCCOc1ccc(OCc2ccoc2C(=O)O)cc1. The van der Waals surface area contributed by atoms with Crippen LogP contribution in [-0.2, 0) is 6.61 Å². The van der Waals surface area contributed by atoms with Gasteiger partial charge in [0.1, 0.15) is 18.1 Å². The van der Waals surface area contributed by atoms with Crippen LogP contribution in [0.4, 0.5) is 0 Å². The molecule has 0 aliphatic heterocycles. The van der Waals surface area contributed by atoms with Gasteiger partial charge in [-0.2, -0.15) is 0 Å². The van der Waals surface area contributed by atoms with Gasteiger partial charge in [-0.25, -0.2) is 4.79 Å². The standard InChI is InChI=1S/C15H16O5/c1-2-8-18-12-3-5-13(6-4-12)20-10-11-7-9-19-14(11)15(16)17/h3-7,9H,2,8,10H2,1H3,(H,16,17). The highest BCUT2D eigenvalue weighted by Gasteiger charge is 2.14. The average Bonchev–Trinajstić information content (AvgIpc) is 2.92. The Bertz CT molecular complexity index is 556. The number of furan rings is 1. The van der Waals surface area contributed by atoms with Crippen molar-refractivity contribution in [1.82, 2.24) is 0 Å². The molecule has 0 aliphatic carbocycles. The summed E-state index contributed by atoms with van der Waals surface area (Å²) in [5, 5.41) is 8.90. The van der Waals surface area contributed by atoms with Gasteiger partial charge >= 0.3 is 5.97 Å². The molecule has 0 saturated carbocycles. The van der Waals surface area contributed by atoms with Crippen molar-refractivity contribution in [2.24, 2.45) is 0 Å². The van der Waals surface area contributed by atoms with E-state index in [1.165, 1.54) is 6.26 Å². The summed E-state index contributed by atoms with van der Waals surface area (Å²) in [5.74, 6) is 0.241. The Labute approximate surface area is 116 Å². The monoisotopic (exact) mass is 276 g/mol. The molecule has 0 radical (unpaired) electrons. The average molecular weight is 276 g/mol. The maximum atomic E-state index is 10.9. The quantitative estimate of drug-likeness (QED) is 0.839. The molecule has 0 unspecified atom stereocenters. The Morgan fingerprint density at radius 2 is 1.80 bits per heavy atom. The number of hydrogen-bond donors (Lipinski definition) is 1. The van der Waals surface area contributed by atoms with E-state index in [4.69, 9.17) is 19.0 Å². The van der Waals surface area contributed by atoms with E-state index in [2.05, 4.69) is 0 Å². The Hall–Kier alpha value is -2.43. The summed E-state index contributed by atoms with van der Waals surface area (Å²) in [6.45, 7) is 2.87. The molecule has 0 saturated heterocycles. The molecule has 20 heavy (non-hydrogen) atoms. The second-order valence-electron chi connectivity index (χ2n) is 4.19. The molecule has 1 heterocycles. The first-order chi connectivity index (χ1) is 9.70. The van der Waals surface area contributed by atoms with Gasteiger partial charge in [0, 0.05) is 5.56 Å². The number of carbonyl (C=O) groups is 1. The van der Waals surface area contributed by atoms with Gasteiger partial charge < -0.3 is 19.0 Å². The van der Waals surface area contributed by atoms with Crippen LogP contribution in [0.2, 0.25) is 0 Å². The second kappa shape index (κ2) is 6.65. The van der Waals surface area contributed by atoms with E-state index in [0.29, 0.717) is 17.9 Å². The number of rotatable bonds is 7. The van der Waals surface area contributed by atoms with Crippen molar-refractivity contribution in [1.29, 1.82) is 0 Å². The van der Waals surface area contributed by atoms with Crippen LogP contribution < -0.4 is 9.47 Å². The van der Waals surface area contributed by atoms with Crippen molar-refractivity contribution in [3.63, 3.8) is 0 Å². The number of ether oxygens (including phenoxy) is 2. The summed E-state index contributed by atoms with van der Waals surface area (Å²) in [6, 6.07) is 8.79. The third-order valence-corrected chi connectivity index (χ3v) is 2.63. The van der Waals surface area contributed by atoms with E-state index >= 15 is 0 Å². The Balaban J connectivity index is 1.93. The highest BCUT2D eigenvalue weighted by molar-refractivity contribution is 5.86. The fraction of sp³-hybridized carbons (Fsp3) is 0.267. The largest absolute Gasteiger partial charge is 0.494 e. The van der Waals surface area contributed by atoms with Gasteiger partial charge in [0.15, 0.2) is 0 Å². The number of hydrogen-bond acceptors (Lipinski definition) is 4. The third kappa shape index (κ3) is 3.54. The summed E-state index contributed by atoms with van der Waals surface area (Å²) in [4.78, 5) is 10.9. The van der Waals surface area contributed by atoms with Crippen LogP contribution in [0, 0.1) is 0 Å². The molecule has 0 bridgehead atoms. The van der Waals surface area contributed by atoms with Crippen LogP contribution in [0.15, 0.2) is 41.0 Å². The molecule has 1 aromatic carbocycles. The van der Waals surface area contributed by atoms with Gasteiger partial charge in [-0.3, -0.25) is 0 Å². The first-order valence-corrected chi connectivity index (χ1v) is 6.36. The van der Waals surface area contributed by atoms with Crippen LogP contribution in [0.3, 0.4) is 0 Å². The predicted octanol–water partition coefficient (Wildman–Crippen LogP) is 3.35. The highest BCUT2D eigenvalue weighted by Crippen LogP contribution is 2.20. The predicted molar refractivity (Wildman–Crippen MR) is 72.2 cm³/mol. The van der Waals surface area contributed by atoms with Gasteiger partial charge in [0.2, 0.25) is 5.76 Å². The third-order valence-electron chi connectivity index (χ3n) is 2.63. The number of aromatic carboxylic acids is 1.